The summed E-state index contributed by atoms with van der Waals surface area (Å²) in [6.07, 6.45) is 9.77. The third-order valence-electron chi connectivity index (χ3n) is 2.94. The molecular formula is C13H14N2. The number of hydrogen-bond acceptors (Lipinski definition) is 2. The highest BCUT2D eigenvalue weighted by Crippen LogP contribution is 2.30. The first-order valence-corrected chi connectivity index (χ1v) is 5.35. The number of allylic oxidation sites excluding steroid dienone is 2. The van der Waals surface area contributed by atoms with E-state index in [9.17, 15) is 0 Å². The molecule has 0 aromatic carbocycles. The second-order valence-electron chi connectivity index (χ2n) is 3.94. The zero-order valence-electron chi connectivity index (χ0n) is 8.90. The lowest BCUT2D eigenvalue weighted by molar-refractivity contribution is 0.652. The standard InChI is InChI=1S/C13H14N2/c1-10-13(9-14)12(7-8-15-10)11-5-3-2-4-6-11/h3,5,7-8,11H,2,4,6H2,1H3. The zero-order valence-corrected chi connectivity index (χ0v) is 8.90. The molecule has 1 heterocycles. The van der Waals surface area contributed by atoms with E-state index in [4.69, 9.17) is 5.26 Å². The van der Waals surface area contributed by atoms with Gasteiger partial charge in [-0.15, -0.1) is 0 Å². The van der Waals surface area contributed by atoms with E-state index in [0.717, 1.165) is 23.2 Å². The van der Waals surface area contributed by atoms with Crippen LogP contribution in [0.2, 0.25) is 0 Å². The van der Waals surface area contributed by atoms with E-state index in [2.05, 4.69) is 23.2 Å². The van der Waals surface area contributed by atoms with Crippen molar-refractivity contribution in [3.05, 3.63) is 41.2 Å². The Bertz CT molecular complexity index is 427. The van der Waals surface area contributed by atoms with E-state index in [1.807, 2.05) is 13.0 Å². The van der Waals surface area contributed by atoms with Crippen molar-refractivity contribution < 1.29 is 0 Å². The van der Waals surface area contributed by atoms with E-state index in [1.165, 1.54) is 12.8 Å². The van der Waals surface area contributed by atoms with Crippen LogP contribution in [0.5, 0.6) is 0 Å². The summed E-state index contributed by atoms with van der Waals surface area (Å²) in [4.78, 5) is 4.16. The molecule has 1 aliphatic carbocycles. The van der Waals surface area contributed by atoms with Crippen molar-refractivity contribution in [1.29, 1.82) is 5.26 Å². The summed E-state index contributed by atoms with van der Waals surface area (Å²) in [7, 11) is 0. The van der Waals surface area contributed by atoms with Crippen LogP contribution in [0, 0.1) is 18.3 Å². The highest BCUT2D eigenvalue weighted by atomic mass is 14.7. The first-order chi connectivity index (χ1) is 7.33. The van der Waals surface area contributed by atoms with Crippen LogP contribution in [0.1, 0.15) is 42.0 Å². The van der Waals surface area contributed by atoms with Crippen molar-refractivity contribution in [3.8, 4) is 6.07 Å². The average Bonchev–Trinajstić information content (AvgIpc) is 2.30. The lowest BCUT2D eigenvalue weighted by atomic mass is 9.87. The molecule has 0 bridgehead atoms. The molecule has 1 aromatic rings. The van der Waals surface area contributed by atoms with E-state index in [-0.39, 0.29) is 0 Å². The van der Waals surface area contributed by atoms with E-state index < -0.39 is 0 Å². The Morgan fingerprint density at radius 1 is 1.53 bits per heavy atom. The van der Waals surface area contributed by atoms with Crippen LogP contribution in [-0.2, 0) is 0 Å². The molecule has 15 heavy (non-hydrogen) atoms. The predicted molar refractivity (Wildman–Crippen MR) is 59.4 cm³/mol. The number of aromatic nitrogens is 1. The minimum absolute atomic E-state index is 0.412. The molecule has 2 heteroatoms. The monoisotopic (exact) mass is 198 g/mol. The van der Waals surface area contributed by atoms with Gasteiger partial charge in [0.2, 0.25) is 0 Å². The highest BCUT2D eigenvalue weighted by molar-refractivity contribution is 5.43. The van der Waals surface area contributed by atoms with Gasteiger partial charge in [0.05, 0.1) is 11.3 Å². The maximum atomic E-state index is 9.12. The maximum Gasteiger partial charge on any atom is 0.101 e. The van der Waals surface area contributed by atoms with Gasteiger partial charge in [-0.3, -0.25) is 4.98 Å². The van der Waals surface area contributed by atoms with Crippen LogP contribution >= 0.6 is 0 Å². The lowest BCUT2D eigenvalue weighted by Gasteiger charge is -2.18. The molecule has 1 aromatic heterocycles. The molecule has 2 rings (SSSR count). The lowest BCUT2D eigenvalue weighted by Crippen LogP contribution is -2.04. The molecule has 1 aliphatic rings. The third-order valence-corrected chi connectivity index (χ3v) is 2.94. The van der Waals surface area contributed by atoms with E-state index in [1.54, 1.807) is 6.20 Å². The molecule has 1 atom stereocenters. The van der Waals surface area contributed by atoms with Gasteiger partial charge in [-0.1, -0.05) is 12.2 Å². The van der Waals surface area contributed by atoms with Crippen molar-refractivity contribution in [2.75, 3.05) is 0 Å². The number of pyridine rings is 1. The molecule has 0 saturated carbocycles. The Morgan fingerprint density at radius 2 is 2.40 bits per heavy atom. The Kier molecular flexibility index (Phi) is 2.82. The maximum absolute atomic E-state index is 9.12. The summed E-state index contributed by atoms with van der Waals surface area (Å²) in [6, 6.07) is 4.24. The molecule has 0 radical (unpaired) electrons. The summed E-state index contributed by atoms with van der Waals surface area (Å²) >= 11 is 0. The second-order valence-corrected chi connectivity index (χ2v) is 3.94. The van der Waals surface area contributed by atoms with Gasteiger partial charge in [-0.25, -0.2) is 0 Å². The molecule has 1 unspecified atom stereocenters. The van der Waals surface area contributed by atoms with Crippen molar-refractivity contribution >= 4 is 0 Å². The Balaban J connectivity index is 2.43. The van der Waals surface area contributed by atoms with Gasteiger partial charge in [0.25, 0.3) is 0 Å². The van der Waals surface area contributed by atoms with Crippen LogP contribution in [0.3, 0.4) is 0 Å². The zero-order chi connectivity index (χ0) is 10.7. The minimum Gasteiger partial charge on any atom is -0.260 e. The van der Waals surface area contributed by atoms with Crippen molar-refractivity contribution in [1.82, 2.24) is 4.98 Å². The summed E-state index contributed by atoms with van der Waals surface area (Å²) < 4.78 is 0. The van der Waals surface area contributed by atoms with Crippen LogP contribution < -0.4 is 0 Å². The topological polar surface area (TPSA) is 36.7 Å². The quantitative estimate of drug-likeness (QED) is 0.650. The molecule has 0 aliphatic heterocycles. The first kappa shape index (κ1) is 9.92. The van der Waals surface area contributed by atoms with Gasteiger partial charge in [-0.05, 0) is 37.8 Å². The van der Waals surface area contributed by atoms with Gasteiger partial charge >= 0.3 is 0 Å². The van der Waals surface area contributed by atoms with Crippen LogP contribution in [-0.4, -0.2) is 4.98 Å². The summed E-state index contributed by atoms with van der Waals surface area (Å²) in [5, 5.41) is 9.12. The SMILES string of the molecule is Cc1nccc(C2C=CCCC2)c1C#N. The van der Waals surface area contributed by atoms with Crippen molar-refractivity contribution in [3.63, 3.8) is 0 Å². The van der Waals surface area contributed by atoms with Gasteiger partial charge in [0.15, 0.2) is 0 Å². The largest absolute Gasteiger partial charge is 0.260 e. The van der Waals surface area contributed by atoms with Gasteiger partial charge < -0.3 is 0 Å². The number of nitrogens with zero attached hydrogens (tertiary/aromatic N) is 2. The summed E-state index contributed by atoms with van der Waals surface area (Å²) in [5.41, 5.74) is 2.74. The third kappa shape index (κ3) is 1.92. The van der Waals surface area contributed by atoms with Gasteiger partial charge in [0, 0.05) is 12.1 Å². The molecule has 0 amide bonds. The van der Waals surface area contributed by atoms with Crippen LogP contribution in [0.25, 0.3) is 0 Å². The number of rotatable bonds is 1. The fraction of sp³-hybridized carbons (Fsp3) is 0.385. The number of aryl methyl sites for hydroxylation is 1. The minimum atomic E-state index is 0.412. The fourth-order valence-electron chi connectivity index (χ4n) is 2.11. The van der Waals surface area contributed by atoms with Crippen molar-refractivity contribution in [2.24, 2.45) is 0 Å². The normalized spacial score (nSPS) is 19.9. The molecule has 0 fully saturated rings. The first-order valence-electron chi connectivity index (χ1n) is 5.35. The van der Waals surface area contributed by atoms with Crippen LogP contribution in [0.15, 0.2) is 24.4 Å². The molecule has 0 spiro atoms. The van der Waals surface area contributed by atoms with Crippen molar-refractivity contribution in [2.45, 2.75) is 32.1 Å². The second kappa shape index (κ2) is 4.27. The molecule has 0 N–H and O–H groups in total. The smallest absolute Gasteiger partial charge is 0.101 e. The van der Waals surface area contributed by atoms with Crippen LogP contribution in [0.4, 0.5) is 0 Å². The highest BCUT2D eigenvalue weighted by Gasteiger charge is 2.16. The molecule has 76 valence electrons. The Hall–Kier alpha value is -1.62. The summed E-state index contributed by atoms with van der Waals surface area (Å²) in [5.74, 6) is 0.412. The summed E-state index contributed by atoms with van der Waals surface area (Å²) in [6.45, 7) is 1.90. The predicted octanol–water partition coefficient (Wildman–Crippen LogP) is 3.09. The number of hydrogen-bond donors (Lipinski definition) is 0. The number of nitriles is 1. The van der Waals surface area contributed by atoms with Gasteiger partial charge in [-0.2, -0.15) is 5.26 Å². The Labute approximate surface area is 90.3 Å². The molecular weight excluding hydrogens is 184 g/mol. The van der Waals surface area contributed by atoms with E-state index in [0.29, 0.717) is 5.92 Å². The van der Waals surface area contributed by atoms with E-state index >= 15 is 0 Å². The molecule has 0 saturated heterocycles. The molecule has 2 nitrogen and oxygen atoms in total. The Morgan fingerprint density at radius 3 is 3.07 bits per heavy atom. The average molecular weight is 198 g/mol. The van der Waals surface area contributed by atoms with Gasteiger partial charge in [0.1, 0.15) is 6.07 Å². The fourth-order valence-corrected chi connectivity index (χ4v) is 2.11.